The molecule has 0 spiro atoms. The minimum absolute atomic E-state index is 0.00982. The number of methoxy groups -OCH3 is 3. The number of carbonyl (C=O) groups excluding carboxylic acids is 1. The van der Waals surface area contributed by atoms with Gasteiger partial charge in [0, 0.05) is 17.7 Å². The average molecular weight is 449 g/mol. The molecule has 0 heterocycles. The molecule has 0 radical (unpaired) electrons. The smallest absolute Gasteiger partial charge is 0.269 e. The van der Waals surface area contributed by atoms with E-state index in [9.17, 15) is 14.9 Å². The summed E-state index contributed by atoms with van der Waals surface area (Å²) in [5.74, 6) is 1.89. The Morgan fingerprint density at radius 2 is 1.55 bits per heavy atom. The Morgan fingerprint density at radius 1 is 0.879 bits per heavy atom. The third kappa shape index (κ3) is 5.88. The molecule has 3 aromatic carbocycles. The van der Waals surface area contributed by atoms with Crippen LogP contribution in [-0.4, -0.2) is 32.0 Å². The van der Waals surface area contributed by atoms with Crippen molar-refractivity contribution < 1.29 is 28.7 Å². The van der Waals surface area contributed by atoms with Gasteiger partial charge in [0.25, 0.3) is 5.69 Å². The van der Waals surface area contributed by atoms with Crippen LogP contribution in [0.15, 0.2) is 66.7 Å². The van der Waals surface area contributed by atoms with Crippen LogP contribution < -0.4 is 18.9 Å². The van der Waals surface area contributed by atoms with Crippen molar-refractivity contribution >= 4 is 17.5 Å². The van der Waals surface area contributed by atoms with Crippen LogP contribution in [0.4, 0.5) is 5.69 Å². The van der Waals surface area contributed by atoms with E-state index >= 15 is 0 Å². The SMILES string of the molecule is COc1ccc(OC)c(C(=O)/C=C/c2ccc(OC)c(COc3ccc([N+](=O)[O-])cc3)c2)c1. The fourth-order valence-corrected chi connectivity index (χ4v) is 3.11. The highest BCUT2D eigenvalue weighted by atomic mass is 16.6. The Kier molecular flexibility index (Phi) is 7.64. The maximum Gasteiger partial charge on any atom is 0.269 e. The van der Waals surface area contributed by atoms with Crippen molar-refractivity contribution in [1.29, 1.82) is 0 Å². The summed E-state index contributed by atoms with van der Waals surface area (Å²) >= 11 is 0. The summed E-state index contributed by atoms with van der Waals surface area (Å²) < 4.78 is 21.6. The molecule has 3 rings (SSSR count). The maximum absolute atomic E-state index is 12.7. The summed E-state index contributed by atoms with van der Waals surface area (Å²) in [6.07, 6.45) is 3.15. The number of hydrogen-bond acceptors (Lipinski definition) is 7. The fraction of sp³-hybridized carbons (Fsp3) is 0.160. The molecule has 0 atom stereocenters. The molecule has 0 bridgehead atoms. The number of carbonyl (C=O) groups is 1. The second-order valence-corrected chi connectivity index (χ2v) is 6.87. The van der Waals surface area contributed by atoms with Gasteiger partial charge in [-0.1, -0.05) is 12.1 Å². The summed E-state index contributed by atoms with van der Waals surface area (Å²) in [6, 6.07) is 16.3. The summed E-state index contributed by atoms with van der Waals surface area (Å²) in [4.78, 5) is 23.1. The van der Waals surface area contributed by atoms with Gasteiger partial charge in [0.15, 0.2) is 5.78 Å². The predicted octanol–water partition coefficient (Wildman–Crippen LogP) is 5.10. The van der Waals surface area contributed by atoms with Crippen LogP contribution in [0.3, 0.4) is 0 Å². The quantitative estimate of drug-likeness (QED) is 0.184. The number of ketones is 1. The molecule has 0 aromatic heterocycles. The van der Waals surface area contributed by atoms with Gasteiger partial charge in [-0.2, -0.15) is 0 Å². The standard InChI is InChI=1S/C25H23NO7/c1-30-21-10-13-25(32-3)22(15-21)23(27)11-4-17-5-12-24(31-2)18(14-17)16-33-20-8-6-19(7-9-20)26(28)29/h4-15H,16H2,1-3H3/b11-4+. The van der Waals surface area contributed by atoms with Gasteiger partial charge in [-0.25, -0.2) is 0 Å². The summed E-state index contributed by atoms with van der Waals surface area (Å²) in [6.45, 7) is 0.181. The maximum atomic E-state index is 12.7. The van der Waals surface area contributed by atoms with E-state index in [2.05, 4.69) is 0 Å². The molecule has 33 heavy (non-hydrogen) atoms. The van der Waals surface area contributed by atoms with Gasteiger partial charge >= 0.3 is 0 Å². The molecule has 0 aliphatic carbocycles. The van der Waals surface area contributed by atoms with E-state index in [0.717, 1.165) is 11.1 Å². The van der Waals surface area contributed by atoms with Crippen LogP contribution in [-0.2, 0) is 6.61 Å². The van der Waals surface area contributed by atoms with Gasteiger partial charge < -0.3 is 18.9 Å². The lowest BCUT2D eigenvalue weighted by atomic mass is 10.1. The Hall–Kier alpha value is -4.33. The van der Waals surface area contributed by atoms with Crippen molar-refractivity contribution in [2.24, 2.45) is 0 Å². The van der Waals surface area contributed by atoms with Crippen LogP contribution in [0.1, 0.15) is 21.5 Å². The minimum Gasteiger partial charge on any atom is -0.497 e. The number of hydrogen-bond donors (Lipinski definition) is 0. The largest absolute Gasteiger partial charge is 0.497 e. The molecule has 0 unspecified atom stereocenters. The van der Waals surface area contributed by atoms with Crippen molar-refractivity contribution in [2.45, 2.75) is 6.61 Å². The van der Waals surface area contributed by atoms with Crippen molar-refractivity contribution in [3.8, 4) is 23.0 Å². The van der Waals surface area contributed by atoms with Gasteiger partial charge in [-0.15, -0.1) is 0 Å². The third-order valence-electron chi connectivity index (χ3n) is 4.85. The topological polar surface area (TPSA) is 97.1 Å². The Labute approximate surface area is 191 Å². The van der Waals surface area contributed by atoms with Crippen molar-refractivity contribution in [3.05, 3.63) is 93.5 Å². The molecule has 170 valence electrons. The molecule has 0 N–H and O–H groups in total. The first-order chi connectivity index (χ1) is 15.9. The Bertz CT molecular complexity index is 1170. The first-order valence-corrected chi connectivity index (χ1v) is 9.93. The lowest BCUT2D eigenvalue weighted by molar-refractivity contribution is -0.384. The number of ether oxygens (including phenoxy) is 4. The van der Waals surface area contributed by atoms with Crippen LogP contribution in [0.2, 0.25) is 0 Å². The van der Waals surface area contributed by atoms with E-state index in [1.54, 1.807) is 37.5 Å². The molecule has 0 aliphatic rings. The monoisotopic (exact) mass is 449 g/mol. The number of nitro groups is 1. The van der Waals surface area contributed by atoms with Crippen LogP contribution >= 0.6 is 0 Å². The summed E-state index contributed by atoms with van der Waals surface area (Å²) in [5.41, 5.74) is 1.91. The highest BCUT2D eigenvalue weighted by Gasteiger charge is 2.12. The molecule has 3 aromatic rings. The van der Waals surface area contributed by atoms with Gasteiger partial charge in [-0.3, -0.25) is 14.9 Å². The molecule has 0 fully saturated rings. The Balaban J connectivity index is 1.77. The van der Waals surface area contributed by atoms with Crippen LogP contribution in [0.25, 0.3) is 6.08 Å². The van der Waals surface area contributed by atoms with Crippen molar-refractivity contribution in [2.75, 3.05) is 21.3 Å². The van der Waals surface area contributed by atoms with Crippen molar-refractivity contribution in [1.82, 2.24) is 0 Å². The highest BCUT2D eigenvalue weighted by molar-refractivity contribution is 6.08. The molecule has 0 saturated heterocycles. The zero-order valence-electron chi connectivity index (χ0n) is 18.4. The molecular formula is C25H23NO7. The van der Waals surface area contributed by atoms with E-state index in [1.165, 1.54) is 44.6 Å². The number of rotatable bonds is 10. The van der Waals surface area contributed by atoms with Gasteiger partial charge in [0.05, 0.1) is 31.8 Å². The van der Waals surface area contributed by atoms with Crippen LogP contribution in [0.5, 0.6) is 23.0 Å². The van der Waals surface area contributed by atoms with Gasteiger partial charge in [0.1, 0.15) is 29.6 Å². The van der Waals surface area contributed by atoms with E-state index < -0.39 is 4.92 Å². The normalized spacial score (nSPS) is 10.6. The minimum atomic E-state index is -0.467. The number of benzene rings is 3. The molecule has 0 saturated carbocycles. The molecule has 0 aliphatic heterocycles. The lowest BCUT2D eigenvalue weighted by Crippen LogP contribution is -2.01. The molecule has 8 nitrogen and oxygen atoms in total. The number of non-ortho nitro benzene ring substituents is 1. The molecule has 8 heteroatoms. The van der Waals surface area contributed by atoms with E-state index in [4.69, 9.17) is 18.9 Å². The lowest BCUT2D eigenvalue weighted by Gasteiger charge is -2.11. The highest BCUT2D eigenvalue weighted by Crippen LogP contribution is 2.26. The second kappa shape index (κ2) is 10.8. The average Bonchev–Trinajstić information content (AvgIpc) is 2.85. The number of allylic oxidation sites excluding steroid dienone is 1. The van der Waals surface area contributed by atoms with Crippen molar-refractivity contribution in [3.63, 3.8) is 0 Å². The summed E-state index contributed by atoms with van der Waals surface area (Å²) in [5, 5.41) is 10.8. The summed E-state index contributed by atoms with van der Waals surface area (Å²) in [7, 11) is 4.59. The zero-order valence-corrected chi connectivity index (χ0v) is 18.4. The van der Waals surface area contributed by atoms with E-state index in [0.29, 0.717) is 28.6 Å². The zero-order chi connectivity index (χ0) is 23.8. The predicted molar refractivity (Wildman–Crippen MR) is 123 cm³/mol. The number of nitrogens with zero attached hydrogens (tertiary/aromatic N) is 1. The second-order valence-electron chi connectivity index (χ2n) is 6.87. The first-order valence-electron chi connectivity index (χ1n) is 9.93. The van der Waals surface area contributed by atoms with Crippen LogP contribution in [0, 0.1) is 10.1 Å². The number of nitro benzene ring substituents is 1. The Morgan fingerprint density at radius 3 is 2.18 bits per heavy atom. The first kappa shape index (κ1) is 23.3. The molecular weight excluding hydrogens is 426 g/mol. The third-order valence-corrected chi connectivity index (χ3v) is 4.85. The molecule has 0 amide bonds. The van der Waals surface area contributed by atoms with Gasteiger partial charge in [-0.05, 0) is 54.1 Å². The van der Waals surface area contributed by atoms with Gasteiger partial charge in [0.2, 0.25) is 0 Å². The van der Waals surface area contributed by atoms with E-state index in [1.807, 2.05) is 12.1 Å². The fourth-order valence-electron chi connectivity index (χ4n) is 3.11. The van der Waals surface area contributed by atoms with E-state index in [-0.39, 0.29) is 18.1 Å².